The number of hydrogen-bond donors (Lipinski definition) is 1. The van der Waals surface area contributed by atoms with Crippen molar-refractivity contribution >= 4 is 27.5 Å². The number of aliphatic hydroxyl groups excluding tert-OH is 1. The SMILES string of the molecule is O=C(c1cc(S(=O)(=O)N2CCOCC2)ccc1Cl)N1CCCC(CO)C1. The van der Waals surface area contributed by atoms with E-state index in [-0.39, 0.29) is 33.9 Å². The van der Waals surface area contributed by atoms with Gasteiger partial charge in [0.15, 0.2) is 0 Å². The number of carbonyl (C=O) groups excluding carboxylic acids is 1. The molecule has 0 bridgehead atoms. The molecular weight excluding hydrogens is 380 g/mol. The van der Waals surface area contributed by atoms with Crippen LogP contribution in [0.2, 0.25) is 5.02 Å². The minimum atomic E-state index is -3.70. The van der Waals surface area contributed by atoms with E-state index in [1.54, 1.807) is 4.90 Å². The average molecular weight is 403 g/mol. The summed E-state index contributed by atoms with van der Waals surface area (Å²) in [6.07, 6.45) is 1.68. The van der Waals surface area contributed by atoms with E-state index >= 15 is 0 Å². The Morgan fingerprint density at radius 1 is 1.27 bits per heavy atom. The highest BCUT2D eigenvalue weighted by Crippen LogP contribution is 2.26. The number of piperidine rings is 1. The van der Waals surface area contributed by atoms with Crippen LogP contribution in [0.5, 0.6) is 0 Å². The number of nitrogens with zero attached hydrogens (tertiary/aromatic N) is 2. The molecule has 26 heavy (non-hydrogen) atoms. The topological polar surface area (TPSA) is 87.2 Å². The van der Waals surface area contributed by atoms with Crippen LogP contribution in [0.25, 0.3) is 0 Å². The fourth-order valence-corrected chi connectivity index (χ4v) is 4.97. The van der Waals surface area contributed by atoms with E-state index in [1.807, 2.05) is 0 Å². The molecule has 1 aromatic rings. The second kappa shape index (κ2) is 8.22. The smallest absolute Gasteiger partial charge is 0.255 e. The minimum Gasteiger partial charge on any atom is -0.396 e. The number of likely N-dealkylation sites (tertiary alicyclic amines) is 1. The molecular formula is C17H23ClN2O5S. The molecule has 1 N–H and O–H groups in total. The van der Waals surface area contributed by atoms with Gasteiger partial charge in [0.25, 0.3) is 5.91 Å². The van der Waals surface area contributed by atoms with Gasteiger partial charge in [-0.1, -0.05) is 11.6 Å². The van der Waals surface area contributed by atoms with E-state index in [0.29, 0.717) is 39.4 Å². The first-order valence-corrected chi connectivity index (χ1v) is 10.5. The molecule has 0 radical (unpaired) electrons. The molecule has 1 amide bonds. The number of ether oxygens (including phenoxy) is 1. The number of benzene rings is 1. The van der Waals surface area contributed by atoms with Gasteiger partial charge in [-0.2, -0.15) is 4.31 Å². The van der Waals surface area contributed by atoms with Gasteiger partial charge in [0, 0.05) is 32.8 Å². The van der Waals surface area contributed by atoms with Crippen molar-refractivity contribution in [3.8, 4) is 0 Å². The van der Waals surface area contributed by atoms with Gasteiger partial charge >= 0.3 is 0 Å². The summed E-state index contributed by atoms with van der Waals surface area (Å²) < 4.78 is 32.2. The van der Waals surface area contributed by atoms with Crippen LogP contribution in [-0.4, -0.2) is 74.6 Å². The van der Waals surface area contributed by atoms with Crippen molar-refractivity contribution in [2.75, 3.05) is 46.0 Å². The van der Waals surface area contributed by atoms with Gasteiger partial charge in [-0.25, -0.2) is 8.42 Å². The van der Waals surface area contributed by atoms with Crippen molar-refractivity contribution in [1.82, 2.24) is 9.21 Å². The molecule has 2 aliphatic heterocycles. The Labute approximate surface area is 158 Å². The van der Waals surface area contributed by atoms with Gasteiger partial charge in [0.1, 0.15) is 0 Å². The number of amides is 1. The number of sulfonamides is 1. The third kappa shape index (κ3) is 4.04. The number of rotatable bonds is 4. The van der Waals surface area contributed by atoms with Gasteiger partial charge in [-0.3, -0.25) is 4.79 Å². The highest BCUT2D eigenvalue weighted by Gasteiger charge is 2.30. The van der Waals surface area contributed by atoms with E-state index in [0.717, 1.165) is 12.8 Å². The number of hydrogen-bond acceptors (Lipinski definition) is 5. The zero-order valence-electron chi connectivity index (χ0n) is 14.4. The highest BCUT2D eigenvalue weighted by molar-refractivity contribution is 7.89. The second-order valence-corrected chi connectivity index (χ2v) is 8.95. The summed E-state index contributed by atoms with van der Waals surface area (Å²) in [4.78, 5) is 14.6. The fourth-order valence-electron chi connectivity index (χ4n) is 3.33. The van der Waals surface area contributed by atoms with E-state index in [2.05, 4.69) is 0 Å². The quantitative estimate of drug-likeness (QED) is 0.817. The van der Waals surface area contributed by atoms with Gasteiger partial charge in [-0.05, 0) is 37.0 Å². The molecule has 1 aromatic carbocycles. The van der Waals surface area contributed by atoms with Gasteiger partial charge in [-0.15, -0.1) is 0 Å². The summed E-state index contributed by atoms with van der Waals surface area (Å²) in [6.45, 7) is 2.35. The molecule has 0 saturated carbocycles. The van der Waals surface area contributed by atoms with E-state index in [1.165, 1.54) is 22.5 Å². The summed E-state index contributed by atoms with van der Waals surface area (Å²) in [6, 6.07) is 4.24. The van der Waals surface area contributed by atoms with Crippen LogP contribution in [-0.2, 0) is 14.8 Å². The molecule has 2 saturated heterocycles. The molecule has 7 nitrogen and oxygen atoms in total. The summed E-state index contributed by atoms with van der Waals surface area (Å²) in [5.41, 5.74) is 0.180. The molecule has 9 heteroatoms. The van der Waals surface area contributed by atoms with Crippen molar-refractivity contribution in [3.05, 3.63) is 28.8 Å². The standard InChI is InChI=1S/C17H23ClN2O5S/c18-16-4-3-14(26(23,24)20-6-8-25-9-7-20)10-15(16)17(22)19-5-1-2-13(11-19)12-21/h3-4,10,13,21H,1-2,5-9,11-12H2. The lowest BCUT2D eigenvalue weighted by Gasteiger charge is -2.32. The van der Waals surface area contributed by atoms with Crippen molar-refractivity contribution in [2.24, 2.45) is 5.92 Å². The molecule has 2 fully saturated rings. The van der Waals surface area contributed by atoms with Gasteiger partial charge in [0.2, 0.25) is 10.0 Å². The largest absolute Gasteiger partial charge is 0.396 e. The number of aliphatic hydroxyl groups is 1. The summed E-state index contributed by atoms with van der Waals surface area (Å²) in [5.74, 6) is -0.251. The maximum Gasteiger partial charge on any atom is 0.255 e. The molecule has 1 unspecified atom stereocenters. The highest BCUT2D eigenvalue weighted by atomic mass is 35.5. The molecule has 0 aliphatic carbocycles. The normalized spacial score (nSPS) is 22.4. The van der Waals surface area contributed by atoms with Crippen LogP contribution in [0, 0.1) is 5.92 Å². The Bertz CT molecular complexity index is 764. The third-order valence-electron chi connectivity index (χ3n) is 4.84. The fraction of sp³-hybridized carbons (Fsp3) is 0.588. The number of carbonyl (C=O) groups is 1. The Morgan fingerprint density at radius 2 is 2.00 bits per heavy atom. The van der Waals surface area contributed by atoms with E-state index in [9.17, 15) is 18.3 Å². The molecule has 0 spiro atoms. The molecule has 2 heterocycles. The molecule has 2 aliphatic rings. The van der Waals surface area contributed by atoms with Crippen LogP contribution in [0.3, 0.4) is 0 Å². The molecule has 144 valence electrons. The summed E-state index contributed by atoms with van der Waals surface area (Å²) in [7, 11) is -3.70. The maximum atomic E-state index is 12.9. The third-order valence-corrected chi connectivity index (χ3v) is 7.06. The van der Waals surface area contributed by atoms with Gasteiger partial charge in [0.05, 0.1) is 28.7 Å². The predicted octanol–water partition coefficient (Wildman–Crippen LogP) is 1.21. The lowest BCUT2D eigenvalue weighted by Crippen LogP contribution is -2.41. The summed E-state index contributed by atoms with van der Waals surface area (Å²) in [5, 5.41) is 9.58. The molecule has 0 aromatic heterocycles. The van der Waals surface area contributed by atoms with Gasteiger partial charge < -0.3 is 14.7 Å². The van der Waals surface area contributed by atoms with Crippen molar-refractivity contribution < 1.29 is 23.1 Å². The van der Waals surface area contributed by atoms with E-state index < -0.39 is 10.0 Å². The van der Waals surface area contributed by atoms with Crippen molar-refractivity contribution in [3.63, 3.8) is 0 Å². The zero-order valence-corrected chi connectivity index (χ0v) is 16.0. The lowest BCUT2D eigenvalue weighted by atomic mass is 9.98. The van der Waals surface area contributed by atoms with Crippen molar-refractivity contribution in [2.45, 2.75) is 17.7 Å². The Kier molecular flexibility index (Phi) is 6.19. The lowest BCUT2D eigenvalue weighted by molar-refractivity contribution is 0.0620. The minimum absolute atomic E-state index is 0.0307. The predicted molar refractivity (Wildman–Crippen MR) is 96.7 cm³/mol. The van der Waals surface area contributed by atoms with Crippen LogP contribution in [0.4, 0.5) is 0 Å². The first kappa shape index (κ1) is 19.6. The monoisotopic (exact) mass is 402 g/mol. The number of morpholine rings is 1. The number of halogens is 1. The van der Waals surface area contributed by atoms with Crippen LogP contribution in [0.1, 0.15) is 23.2 Å². The molecule has 1 atom stereocenters. The Hall–Kier alpha value is -1.19. The first-order chi connectivity index (χ1) is 12.4. The first-order valence-electron chi connectivity index (χ1n) is 8.71. The maximum absolute atomic E-state index is 12.9. The Balaban J connectivity index is 1.86. The average Bonchev–Trinajstić information content (AvgIpc) is 2.68. The Morgan fingerprint density at radius 3 is 2.69 bits per heavy atom. The van der Waals surface area contributed by atoms with Crippen molar-refractivity contribution in [1.29, 1.82) is 0 Å². The molecule has 3 rings (SSSR count). The van der Waals surface area contributed by atoms with Crippen LogP contribution < -0.4 is 0 Å². The zero-order chi connectivity index (χ0) is 18.7. The van der Waals surface area contributed by atoms with Crippen LogP contribution in [0.15, 0.2) is 23.1 Å². The van der Waals surface area contributed by atoms with E-state index in [4.69, 9.17) is 16.3 Å². The summed E-state index contributed by atoms with van der Waals surface area (Å²) >= 11 is 6.19. The second-order valence-electron chi connectivity index (χ2n) is 6.60. The van der Waals surface area contributed by atoms with Crippen LogP contribution >= 0.6 is 11.6 Å².